The van der Waals surface area contributed by atoms with Crippen LogP contribution in [-0.4, -0.2) is 35.6 Å². The van der Waals surface area contributed by atoms with Gasteiger partial charge in [0, 0.05) is 12.6 Å². The largest absolute Gasteiger partial charge is 0.444 e. The summed E-state index contributed by atoms with van der Waals surface area (Å²) in [5, 5.41) is 3.62. The minimum atomic E-state index is 0.637. The number of nitrogens with one attached hydrogen (secondary N) is 1. The number of piperidine rings is 1. The van der Waals surface area contributed by atoms with Gasteiger partial charge >= 0.3 is 0 Å². The Kier molecular flexibility index (Phi) is 5.40. The zero-order valence-electron chi connectivity index (χ0n) is 12.5. The summed E-state index contributed by atoms with van der Waals surface area (Å²) < 4.78 is 5.71. The van der Waals surface area contributed by atoms with Crippen LogP contribution in [0.4, 0.5) is 0 Å². The van der Waals surface area contributed by atoms with E-state index in [1.54, 1.807) is 0 Å². The number of rotatable bonds is 6. The van der Waals surface area contributed by atoms with E-state index in [0.717, 1.165) is 37.0 Å². The van der Waals surface area contributed by atoms with Gasteiger partial charge < -0.3 is 9.73 Å². The summed E-state index contributed by atoms with van der Waals surface area (Å²) in [5.74, 6) is 1.81. The Morgan fingerprint density at radius 3 is 2.79 bits per heavy atom. The smallest absolute Gasteiger partial charge is 0.208 e. The summed E-state index contributed by atoms with van der Waals surface area (Å²) in [7, 11) is 0. The fraction of sp³-hybridized carbons (Fsp3) is 0.800. The lowest BCUT2D eigenvalue weighted by Crippen LogP contribution is -2.43. The van der Waals surface area contributed by atoms with Gasteiger partial charge in [-0.05, 0) is 46.2 Å². The number of oxazole rings is 1. The zero-order chi connectivity index (χ0) is 13.7. The Labute approximate surface area is 116 Å². The first-order chi connectivity index (χ1) is 9.19. The molecule has 0 aliphatic carbocycles. The lowest BCUT2D eigenvalue weighted by atomic mass is 10.0. The van der Waals surface area contributed by atoms with E-state index >= 15 is 0 Å². The molecular weight excluding hydrogens is 238 g/mol. The molecule has 1 fully saturated rings. The van der Waals surface area contributed by atoms with Crippen molar-refractivity contribution < 1.29 is 4.42 Å². The molecule has 1 aromatic rings. The zero-order valence-corrected chi connectivity index (χ0v) is 12.5. The molecule has 1 N–H and O–H groups in total. The summed E-state index contributed by atoms with van der Waals surface area (Å²) in [4.78, 5) is 6.96. The second kappa shape index (κ2) is 7.06. The SMILES string of the molecule is CCCN(Cc1nc(C)c(C)o1)CC1CCCCN1. The van der Waals surface area contributed by atoms with Crippen molar-refractivity contribution in [2.45, 2.75) is 59.0 Å². The molecule has 1 atom stereocenters. The van der Waals surface area contributed by atoms with Crippen LogP contribution in [0.2, 0.25) is 0 Å². The van der Waals surface area contributed by atoms with Gasteiger partial charge in [-0.1, -0.05) is 13.3 Å². The predicted octanol–water partition coefficient (Wildman–Crippen LogP) is 2.65. The molecule has 0 spiro atoms. The van der Waals surface area contributed by atoms with Crippen molar-refractivity contribution in [3.63, 3.8) is 0 Å². The molecule has 1 unspecified atom stereocenters. The number of nitrogens with zero attached hydrogens (tertiary/aromatic N) is 2. The minimum absolute atomic E-state index is 0.637. The lowest BCUT2D eigenvalue weighted by molar-refractivity contribution is 0.199. The molecule has 1 aromatic heterocycles. The molecule has 1 aliphatic heterocycles. The third kappa shape index (κ3) is 4.32. The Hall–Kier alpha value is -0.870. The van der Waals surface area contributed by atoms with E-state index in [1.807, 2.05) is 13.8 Å². The number of hydrogen-bond acceptors (Lipinski definition) is 4. The molecule has 2 heterocycles. The highest BCUT2D eigenvalue weighted by molar-refractivity contribution is 5.05. The maximum Gasteiger partial charge on any atom is 0.208 e. The molecule has 4 heteroatoms. The van der Waals surface area contributed by atoms with Crippen LogP contribution in [0.15, 0.2) is 4.42 Å². The van der Waals surface area contributed by atoms with Gasteiger partial charge in [0.15, 0.2) is 0 Å². The van der Waals surface area contributed by atoms with E-state index < -0.39 is 0 Å². The predicted molar refractivity (Wildman–Crippen MR) is 77.2 cm³/mol. The van der Waals surface area contributed by atoms with Crippen molar-refractivity contribution in [3.05, 3.63) is 17.3 Å². The quantitative estimate of drug-likeness (QED) is 0.858. The van der Waals surface area contributed by atoms with Gasteiger partial charge in [0.25, 0.3) is 0 Å². The number of aryl methyl sites for hydroxylation is 2. The Morgan fingerprint density at radius 2 is 2.21 bits per heavy atom. The van der Waals surface area contributed by atoms with Crippen molar-refractivity contribution in [2.24, 2.45) is 0 Å². The van der Waals surface area contributed by atoms with Crippen LogP contribution in [0, 0.1) is 13.8 Å². The first kappa shape index (κ1) is 14.5. The van der Waals surface area contributed by atoms with Gasteiger partial charge in [0.1, 0.15) is 5.76 Å². The van der Waals surface area contributed by atoms with E-state index in [1.165, 1.54) is 32.2 Å². The van der Waals surface area contributed by atoms with Gasteiger partial charge in [0.05, 0.1) is 12.2 Å². The summed E-state index contributed by atoms with van der Waals surface area (Å²) in [6.45, 7) is 10.4. The summed E-state index contributed by atoms with van der Waals surface area (Å²) in [6.07, 6.45) is 5.15. The Morgan fingerprint density at radius 1 is 1.37 bits per heavy atom. The van der Waals surface area contributed by atoms with Crippen LogP contribution >= 0.6 is 0 Å². The van der Waals surface area contributed by atoms with Gasteiger partial charge in [-0.25, -0.2) is 4.98 Å². The standard InChI is InChI=1S/C15H27N3O/c1-4-9-18(10-14-7-5-6-8-16-14)11-15-17-12(2)13(3)19-15/h14,16H,4-11H2,1-3H3. The second-order valence-electron chi connectivity index (χ2n) is 5.63. The molecule has 0 amide bonds. The summed E-state index contributed by atoms with van der Waals surface area (Å²) in [6, 6.07) is 0.637. The highest BCUT2D eigenvalue weighted by atomic mass is 16.4. The van der Waals surface area contributed by atoms with Crippen LogP contribution in [-0.2, 0) is 6.54 Å². The molecule has 19 heavy (non-hydrogen) atoms. The maximum absolute atomic E-state index is 5.71. The number of aromatic nitrogens is 1. The van der Waals surface area contributed by atoms with Gasteiger partial charge in [-0.3, -0.25) is 4.90 Å². The first-order valence-corrected chi connectivity index (χ1v) is 7.57. The molecular formula is C15H27N3O. The van der Waals surface area contributed by atoms with Crippen LogP contribution in [0.5, 0.6) is 0 Å². The van der Waals surface area contributed by atoms with Gasteiger partial charge in [0.2, 0.25) is 5.89 Å². The molecule has 0 saturated carbocycles. The van der Waals surface area contributed by atoms with Crippen molar-refractivity contribution in [1.82, 2.24) is 15.2 Å². The van der Waals surface area contributed by atoms with Crippen LogP contribution in [0.3, 0.4) is 0 Å². The topological polar surface area (TPSA) is 41.3 Å². The van der Waals surface area contributed by atoms with Crippen LogP contribution in [0.25, 0.3) is 0 Å². The average Bonchev–Trinajstić information content (AvgIpc) is 2.70. The first-order valence-electron chi connectivity index (χ1n) is 7.57. The molecule has 2 rings (SSSR count). The molecule has 4 nitrogen and oxygen atoms in total. The molecule has 1 aliphatic rings. The summed E-state index contributed by atoms with van der Waals surface area (Å²) >= 11 is 0. The second-order valence-corrected chi connectivity index (χ2v) is 5.63. The highest BCUT2D eigenvalue weighted by Gasteiger charge is 2.18. The molecule has 0 radical (unpaired) electrons. The van der Waals surface area contributed by atoms with Crippen molar-refractivity contribution in [3.8, 4) is 0 Å². The molecule has 108 valence electrons. The third-order valence-corrected chi connectivity index (χ3v) is 3.86. The van der Waals surface area contributed by atoms with E-state index in [2.05, 4.69) is 22.1 Å². The monoisotopic (exact) mass is 265 g/mol. The minimum Gasteiger partial charge on any atom is -0.444 e. The van der Waals surface area contributed by atoms with E-state index in [0.29, 0.717) is 6.04 Å². The van der Waals surface area contributed by atoms with Crippen molar-refractivity contribution in [2.75, 3.05) is 19.6 Å². The van der Waals surface area contributed by atoms with E-state index in [-0.39, 0.29) is 0 Å². The fourth-order valence-electron chi connectivity index (χ4n) is 2.74. The average molecular weight is 265 g/mol. The normalized spacial score (nSPS) is 20.1. The molecule has 0 aromatic carbocycles. The van der Waals surface area contributed by atoms with Gasteiger partial charge in [-0.2, -0.15) is 0 Å². The Bertz CT molecular complexity index is 363. The van der Waals surface area contributed by atoms with Gasteiger partial charge in [-0.15, -0.1) is 0 Å². The summed E-state index contributed by atoms with van der Waals surface area (Å²) in [5.41, 5.74) is 1.02. The van der Waals surface area contributed by atoms with Crippen LogP contribution in [0.1, 0.15) is 50.0 Å². The highest BCUT2D eigenvalue weighted by Crippen LogP contribution is 2.13. The van der Waals surface area contributed by atoms with Crippen LogP contribution < -0.4 is 5.32 Å². The van der Waals surface area contributed by atoms with E-state index in [9.17, 15) is 0 Å². The lowest BCUT2D eigenvalue weighted by Gasteiger charge is -2.29. The fourth-order valence-corrected chi connectivity index (χ4v) is 2.74. The molecule has 0 bridgehead atoms. The Balaban J connectivity index is 1.91. The third-order valence-electron chi connectivity index (χ3n) is 3.86. The van der Waals surface area contributed by atoms with Crippen molar-refractivity contribution in [1.29, 1.82) is 0 Å². The van der Waals surface area contributed by atoms with E-state index in [4.69, 9.17) is 4.42 Å². The molecule has 1 saturated heterocycles. The maximum atomic E-state index is 5.71. The number of hydrogen-bond donors (Lipinski definition) is 1. The van der Waals surface area contributed by atoms with Crippen molar-refractivity contribution >= 4 is 0 Å².